The number of hydrogen-bond acceptors (Lipinski definition) is 2. The van der Waals surface area contributed by atoms with Crippen molar-refractivity contribution in [3.8, 4) is 0 Å². The lowest BCUT2D eigenvalue weighted by Gasteiger charge is -2.25. The fourth-order valence-electron chi connectivity index (χ4n) is 1.99. The summed E-state index contributed by atoms with van der Waals surface area (Å²) in [4.78, 5) is 12.1. The van der Waals surface area contributed by atoms with Gasteiger partial charge in [-0.3, -0.25) is 4.79 Å². The molecule has 0 aliphatic heterocycles. The van der Waals surface area contributed by atoms with E-state index in [9.17, 15) is 9.90 Å². The average molecular weight is 440 g/mol. The van der Waals surface area contributed by atoms with Crippen molar-refractivity contribution in [1.82, 2.24) is 5.32 Å². The molecule has 19 heavy (non-hydrogen) atoms. The van der Waals surface area contributed by atoms with Crippen molar-refractivity contribution in [3.05, 3.63) is 31.8 Å². The Morgan fingerprint density at radius 2 is 2.16 bits per heavy atom. The first-order valence-electron chi connectivity index (χ1n) is 6.17. The van der Waals surface area contributed by atoms with E-state index in [1.807, 2.05) is 26.0 Å². The summed E-state index contributed by atoms with van der Waals surface area (Å²) in [5, 5.41) is 13.0. The molecule has 0 bridgehead atoms. The van der Waals surface area contributed by atoms with Crippen LogP contribution in [0, 0.1) is 9.49 Å². The Bertz CT molecular complexity index is 461. The van der Waals surface area contributed by atoms with Crippen LogP contribution in [-0.4, -0.2) is 23.2 Å². The Kier molecular flexibility index (Phi) is 6.26. The Balaban J connectivity index is 2.68. The molecular formula is C14H19BrINO2. The van der Waals surface area contributed by atoms with Gasteiger partial charge in [-0.25, -0.2) is 0 Å². The van der Waals surface area contributed by atoms with E-state index in [1.54, 1.807) is 13.0 Å². The molecular weight excluding hydrogens is 421 g/mol. The Hall–Kier alpha value is -0.140. The molecule has 2 N–H and O–H groups in total. The molecule has 0 saturated heterocycles. The molecule has 1 aromatic carbocycles. The van der Waals surface area contributed by atoms with Gasteiger partial charge in [-0.2, -0.15) is 0 Å². The van der Waals surface area contributed by atoms with E-state index in [-0.39, 0.29) is 12.5 Å². The summed E-state index contributed by atoms with van der Waals surface area (Å²) in [5.41, 5.74) is -0.253. The molecule has 1 aromatic rings. The maximum Gasteiger partial charge on any atom is 0.252 e. The second-order valence-electron chi connectivity index (χ2n) is 5.40. The molecule has 0 radical (unpaired) electrons. The number of benzene rings is 1. The fourth-order valence-corrected chi connectivity index (χ4v) is 2.93. The zero-order chi connectivity index (χ0) is 14.6. The van der Waals surface area contributed by atoms with Crippen LogP contribution in [0.15, 0.2) is 22.7 Å². The molecule has 5 heteroatoms. The van der Waals surface area contributed by atoms with Gasteiger partial charge in [0.15, 0.2) is 0 Å². The van der Waals surface area contributed by atoms with Crippen LogP contribution in [-0.2, 0) is 0 Å². The molecule has 0 heterocycles. The number of halogens is 2. The van der Waals surface area contributed by atoms with E-state index < -0.39 is 5.60 Å². The Labute approximate surface area is 136 Å². The minimum Gasteiger partial charge on any atom is -0.388 e. The molecule has 1 unspecified atom stereocenters. The minimum atomic E-state index is -0.874. The number of aliphatic hydroxyl groups is 1. The minimum absolute atomic E-state index is 0.158. The number of carbonyl (C=O) groups is 1. The highest BCUT2D eigenvalue weighted by Crippen LogP contribution is 2.19. The summed E-state index contributed by atoms with van der Waals surface area (Å²) in [5.74, 6) is 0.229. The van der Waals surface area contributed by atoms with Crippen LogP contribution in [0.4, 0.5) is 0 Å². The number of carbonyl (C=O) groups excluding carboxylic acids is 1. The summed E-state index contributed by atoms with van der Waals surface area (Å²) in [6, 6.07) is 5.56. The summed E-state index contributed by atoms with van der Waals surface area (Å²) in [6.45, 7) is 6.10. The second kappa shape index (κ2) is 7.04. The third-order valence-corrected chi connectivity index (χ3v) is 4.08. The maximum absolute atomic E-state index is 12.1. The van der Waals surface area contributed by atoms with Gasteiger partial charge in [0, 0.05) is 14.6 Å². The van der Waals surface area contributed by atoms with Crippen LogP contribution < -0.4 is 5.32 Å². The summed E-state index contributed by atoms with van der Waals surface area (Å²) in [6.07, 6.45) is 0.656. The monoisotopic (exact) mass is 439 g/mol. The summed E-state index contributed by atoms with van der Waals surface area (Å²) in [7, 11) is 0. The molecule has 0 aliphatic carbocycles. The molecule has 1 atom stereocenters. The van der Waals surface area contributed by atoms with Crippen LogP contribution >= 0.6 is 38.5 Å². The zero-order valence-corrected chi connectivity index (χ0v) is 15.1. The molecule has 1 amide bonds. The molecule has 0 aromatic heterocycles. The molecule has 1 rings (SSSR count). The lowest BCUT2D eigenvalue weighted by molar-refractivity contribution is 0.0368. The highest BCUT2D eigenvalue weighted by molar-refractivity contribution is 14.1. The van der Waals surface area contributed by atoms with Gasteiger partial charge >= 0.3 is 0 Å². The van der Waals surface area contributed by atoms with Crippen LogP contribution in [0.3, 0.4) is 0 Å². The van der Waals surface area contributed by atoms with E-state index in [0.717, 1.165) is 8.04 Å². The van der Waals surface area contributed by atoms with Crippen molar-refractivity contribution < 1.29 is 9.90 Å². The van der Waals surface area contributed by atoms with Crippen LogP contribution in [0.2, 0.25) is 0 Å². The largest absolute Gasteiger partial charge is 0.388 e. The molecule has 3 nitrogen and oxygen atoms in total. The van der Waals surface area contributed by atoms with Gasteiger partial charge in [-0.05, 0) is 60.1 Å². The van der Waals surface area contributed by atoms with Crippen molar-refractivity contribution in [2.24, 2.45) is 5.92 Å². The third-order valence-electron chi connectivity index (χ3n) is 2.65. The van der Waals surface area contributed by atoms with Crippen molar-refractivity contribution in [3.63, 3.8) is 0 Å². The smallest absolute Gasteiger partial charge is 0.252 e. The van der Waals surface area contributed by atoms with Crippen LogP contribution in [0.1, 0.15) is 37.6 Å². The van der Waals surface area contributed by atoms with Gasteiger partial charge in [0.2, 0.25) is 0 Å². The van der Waals surface area contributed by atoms with E-state index >= 15 is 0 Å². The van der Waals surface area contributed by atoms with Crippen molar-refractivity contribution in [2.75, 3.05) is 6.54 Å². The number of amides is 1. The average Bonchev–Trinajstić information content (AvgIpc) is 2.27. The zero-order valence-electron chi connectivity index (χ0n) is 11.3. The summed E-state index contributed by atoms with van der Waals surface area (Å²) < 4.78 is 1.76. The highest BCUT2D eigenvalue weighted by Gasteiger charge is 2.23. The lowest BCUT2D eigenvalue weighted by Crippen LogP contribution is -2.41. The normalized spacial score (nSPS) is 14.3. The SMILES string of the molecule is CC(C)CC(C)(O)CNC(=O)c1cc(Br)ccc1I. The second-order valence-corrected chi connectivity index (χ2v) is 7.48. The first-order chi connectivity index (χ1) is 8.71. The van der Waals surface area contributed by atoms with E-state index in [4.69, 9.17) is 0 Å². The summed E-state index contributed by atoms with van der Waals surface area (Å²) >= 11 is 5.48. The molecule has 106 valence electrons. The predicted octanol–water partition coefficient (Wildman–Crippen LogP) is 3.58. The Morgan fingerprint density at radius 1 is 1.53 bits per heavy atom. The van der Waals surface area contributed by atoms with Crippen LogP contribution in [0.25, 0.3) is 0 Å². The molecule has 0 spiro atoms. The lowest BCUT2D eigenvalue weighted by atomic mass is 9.94. The van der Waals surface area contributed by atoms with Crippen LogP contribution in [0.5, 0.6) is 0 Å². The van der Waals surface area contributed by atoms with Gasteiger partial charge in [-0.15, -0.1) is 0 Å². The quantitative estimate of drug-likeness (QED) is 0.689. The van der Waals surface area contributed by atoms with Crippen molar-refractivity contribution >= 4 is 44.4 Å². The highest BCUT2D eigenvalue weighted by atomic mass is 127. The van der Waals surface area contributed by atoms with Gasteiger partial charge in [-0.1, -0.05) is 29.8 Å². The molecule has 0 saturated carbocycles. The fraction of sp³-hybridized carbons (Fsp3) is 0.500. The number of hydrogen-bond donors (Lipinski definition) is 2. The van der Waals surface area contributed by atoms with E-state index in [1.165, 1.54) is 0 Å². The van der Waals surface area contributed by atoms with E-state index in [2.05, 4.69) is 43.8 Å². The third kappa shape index (κ3) is 5.79. The maximum atomic E-state index is 12.1. The molecule has 0 fully saturated rings. The standard InChI is InChI=1S/C14H19BrINO2/c1-9(2)7-14(3,19)8-17-13(18)11-6-10(15)4-5-12(11)16/h4-6,9,19H,7-8H2,1-3H3,(H,17,18). The topological polar surface area (TPSA) is 49.3 Å². The van der Waals surface area contributed by atoms with Crippen molar-refractivity contribution in [1.29, 1.82) is 0 Å². The van der Waals surface area contributed by atoms with Crippen molar-refractivity contribution in [2.45, 2.75) is 32.8 Å². The van der Waals surface area contributed by atoms with E-state index in [0.29, 0.717) is 17.9 Å². The Morgan fingerprint density at radius 3 is 2.74 bits per heavy atom. The molecule has 0 aliphatic rings. The van der Waals surface area contributed by atoms with Gasteiger partial charge in [0.25, 0.3) is 5.91 Å². The first-order valence-corrected chi connectivity index (χ1v) is 8.04. The predicted molar refractivity (Wildman–Crippen MR) is 89.3 cm³/mol. The number of nitrogens with one attached hydrogen (secondary N) is 1. The van der Waals surface area contributed by atoms with Gasteiger partial charge in [0.05, 0.1) is 11.2 Å². The first kappa shape index (κ1) is 16.9. The van der Waals surface area contributed by atoms with Gasteiger partial charge in [0.1, 0.15) is 0 Å². The number of rotatable bonds is 5. The van der Waals surface area contributed by atoms with Gasteiger partial charge < -0.3 is 10.4 Å².